The van der Waals surface area contributed by atoms with Crippen LogP contribution < -0.4 is 10.2 Å². The van der Waals surface area contributed by atoms with E-state index in [9.17, 15) is 0 Å². The van der Waals surface area contributed by atoms with E-state index in [1.54, 1.807) is 7.11 Å². The third-order valence-electron chi connectivity index (χ3n) is 3.84. The van der Waals surface area contributed by atoms with E-state index in [0.717, 1.165) is 44.1 Å². The van der Waals surface area contributed by atoms with Crippen LogP contribution in [-0.4, -0.2) is 32.8 Å². The summed E-state index contributed by atoms with van der Waals surface area (Å²) in [4.78, 5) is 2.46. The summed E-state index contributed by atoms with van der Waals surface area (Å²) >= 11 is 6.18. The number of methoxy groups -OCH3 is 1. The third-order valence-corrected chi connectivity index (χ3v) is 4.07. The second-order valence-corrected chi connectivity index (χ2v) is 5.65. The molecule has 4 heteroatoms. The summed E-state index contributed by atoms with van der Waals surface area (Å²) in [6.07, 6.45) is 2.26. The average Bonchev–Trinajstić information content (AvgIpc) is 2.50. The number of halogens is 1. The second kappa shape index (κ2) is 10.0. The highest BCUT2D eigenvalue weighted by Gasteiger charge is 2.18. The molecule has 1 aromatic carbocycles. The van der Waals surface area contributed by atoms with Gasteiger partial charge >= 0.3 is 0 Å². The molecule has 1 N–H and O–H groups in total. The largest absolute Gasteiger partial charge is 0.383 e. The van der Waals surface area contributed by atoms with Gasteiger partial charge in [0.2, 0.25) is 0 Å². The van der Waals surface area contributed by atoms with Crippen LogP contribution in [0.4, 0.5) is 5.69 Å². The summed E-state index contributed by atoms with van der Waals surface area (Å²) in [5, 5.41) is 4.20. The predicted octanol–water partition coefficient (Wildman–Crippen LogP) is 4.09. The minimum atomic E-state index is 0.529. The quantitative estimate of drug-likeness (QED) is 0.704. The fourth-order valence-electron chi connectivity index (χ4n) is 2.65. The molecule has 0 aliphatic heterocycles. The van der Waals surface area contributed by atoms with Crippen molar-refractivity contribution in [2.75, 3.05) is 31.7 Å². The molecule has 0 unspecified atom stereocenters. The summed E-state index contributed by atoms with van der Waals surface area (Å²) in [6.45, 7) is 10.0. The van der Waals surface area contributed by atoms with E-state index < -0.39 is 0 Å². The van der Waals surface area contributed by atoms with Gasteiger partial charge in [-0.3, -0.25) is 0 Å². The molecule has 1 rings (SSSR count). The zero-order valence-corrected chi connectivity index (χ0v) is 14.5. The van der Waals surface area contributed by atoms with Crippen LogP contribution in [0.15, 0.2) is 18.2 Å². The van der Waals surface area contributed by atoms with Gasteiger partial charge in [-0.2, -0.15) is 0 Å². The van der Waals surface area contributed by atoms with E-state index in [2.05, 4.69) is 43.1 Å². The Morgan fingerprint density at radius 3 is 2.52 bits per heavy atom. The van der Waals surface area contributed by atoms with E-state index in [-0.39, 0.29) is 0 Å². The van der Waals surface area contributed by atoms with Crippen molar-refractivity contribution in [1.29, 1.82) is 0 Å². The molecule has 0 aromatic heterocycles. The van der Waals surface area contributed by atoms with Crippen LogP contribution in [0, 0.1) is 0 Å². The fraction of sp³-hybridized carbons (Fsp3) is 0.647. The van der Waals surface area contributed by atoms with E-state index in [1.807, 2.05) is 6.07 Å². The Balaban J connectivity index is 3.08. The van der Waals surface area contributed by atoms with Crippen molar-refractivity contribution >= 4 is 17.3 Å². The molecule has 0 aliphatic rings. The van der Waals surface area contributed by atoms with Gasteiger partial charge in [-0.1, -0.05) is 32.4 Å². The lowest BCUT2D eigenvalue weighted by Crippen LogP contribution is -2.38. The molecule has 0 bridgehead atoms. The molecule has 120 valence electrons. The van der Waals surface area contributed by atoms with Crippen molar-refractivity contribution < 1.29 is 4.74 Å². The first-order valence-corrected chi connectivity index (χ1v) is 8.30. The van der Waals surface area contributed by atoms with Gasteiger partial charge in [0.05, 0.1) is 6.61 Å². The van der Waals surface area contributed by atoms with Gasteiger partial charge in [-0.15, -0.1) is 0 Å². The van der Waals surface area contributed by atoms with Crippen molar-refractivity contribution in [3.63, 3.8) is 0 Å². The molecule has 0 fully saturated rings. The average molecular weight is 313 g/mol. The lowest BCUT2D eigenvalue weighted by atomic mass is 10.1. The first-order chi connectivity index (χ1) is 10.2. The predicted molar refractivity (Wildman–Crippen MR) is 92.4 cm³/mol. The van der Waals surface area contributed by atoms with Crippen LogP contribution in [-0.2, 0) is 11.3 Å². The van der Waals surface area contributed by atoms with E-state index >= 15 is 0 Å². The molecule has 0 aliphatic carbocycles. The maximum atomic E-state index is 6.18. The minimum absolute atomic E-state index is 0.529. The molecule has 0 saturated carbocycles. The number of hydrogen-bond donors (Lipinski definition) is 1. The van der Waals surface area contributed by atoms with Crippen LogP contribution in [0.3, 0.4) is 0 Å². The van der Waals surface area contributed by atoms with Gasteiger partial charge < -0.3 is 15.0 Å². The van der Waals surface area contributed by atoms with E-state index in [4.69, 9.17) is 16.3 Å². The molecule has 0 atom stereocenters. The maximum Gasteiger partial charge on any atom is 0.0637 e. The van der Waals surface area contributed by atoms with E-state index in [1.165, 1.54) is 11.3 Å². The van der Waals surface area contributed by atoms with Gasteiger partial charge in [-0.05, 0) is 43.1 Å². The number of rotatable bonds is 10. The topological polar surface area (TPSA) is 24.5 Å². The molecular formula is C17H29ClN2O. The normalized spacial score (nSPS) is 11.1. The molecule has 3 nitrogen and oxygen atoms in total. The first-order valence-electron chi connectivity index (χ1n) is 7.92. The van der Waals surface area contributed by atoms with Gasteiger partial charge in [0.25, 0.3) is 0 Å². The highest BCUT2D eigenvalue weighted by molar-refractivity contribution is 6.30. The molecule has 0 amide bonds. The monoisotopic (exact) mass is 312 g/mol. The van der Waals surface area contributed by atoms with Crippen molar-refractivity contribution in [3.8, 4) is 0 Å². The number of hydrogen-bond acceptors (Lipinski definition) is 3. The smallest absolute Gasteiger partial charge is 0.0637 e. The second-order valence-electron chi connectivity index (χ2n) is 5.21. The molecule has 0 spiro atoms. The number of ether oxygens (including phenoxy) is 1. The summed E-state index contributed by atoms with van der Waals surface area (Å²) in [6, 6.07) is 6.72. The lowest BCUT2D eigenvalue weighted by Gasteiger charge is -2.34. The molecule has 0 saturated heterocycles. The Morgan fingerprint density at radius 1 is 1.24 bits per heavy atom. The number of nitrogens with zero attached hydrogens (tertiary/aromatic N) is 1. The highest BCUT2D eigenvalue weighted by atomic mass is 35.5. The zero-order valence-electron chi connectivity index (χ0n) is 13.8. The maximum absolute atomic E-state index is 6.18. The Bertz CT molecular complexity index is 408. The SMILES string of the molecule is CCNCc1cc(Cl)ccc1N(CCOC)C(CC)CC. The number of nitrogens with one attached hydrogen (secondary N) is 1. The van der Waals surface area contributed by atoms with Crippen LogP contribution in [0.1, 0.15) is 39.2 Å². The van der Waals surface area contributed by atoms with Crippen LogP contribution in [0.5, 0.6) is 0 Å². The van der Waals surface area contributed by atoms with Crippen molar-refractivity contribution in [1.82, 2.24) is 5.32 Å². The van der Waals surface area contributed by atoms with E-state index in [0.29, 0.717) is 6.04 Å². The van der Waals surface area contributed by atoms with Crippen molar-refractivity contribution in [2.24, 2.45) is 0 Å². The first kappa shape index (κ1) is 18.3. The summed E-state index contributed by atoms with van der Waals surface area (Å²) in [7, 11) is 1.76. The van der Waals surface area contributed by atoms with Gasteiger partial charge in [0.1, 0.15) is 0 Å². The molecule has 1 aromatic rings. The molecule has 21 heavy (non-hydrogen) atoms. The van der Waals surface area contributed by atoms with Crippen LogP contribution in [0.2, 0.25) is 5.02 Å². The van der Waals surface area contributed by atoms with Crippen molar-refractivity contribution in [2.45, 2.75) is 46.2 Å². The molecule has 0 radical (unpaired) electrons. The summed E-state index contributed by atoms with van der Waals surface area (Å²) < 4.78 is 5.29. The Hall–Kier alpha value is -0.770. The summed E-state index contributed by atoms with van der Waals surface area (Å²) in [5.41, 5.74) is 2.53. The standard InChI is InChI=1S/C17H29ClN2O/c1-5-16(6-2)20(10-11-21-4)17-9-8-15(18)12-14(17)13-19-7-3/h8-9,12,16,19H,5-7,10-11,13H2,1-4H3. The number of anilines is 1. The zero-order chi connectivity index (χ0) is 15.7. The van der Waals surface area contributed by atoms with Gasteiger partial charge in [0.15, 0.2) is 0 Å². The third kappa shape index (κ3) is 5.50. The lowest BCUT2D eigenvalue weighted by molar-refractivity contribution is 0.202. The Kier molecular flexibility index (Phi) is 8.74. The fourth-order valence-corrected chi connectivity index (χ4v) is 2.85. The number of benzene rings is 1. The van der Waals surface area contributed by atoms with Crippen LogP contribution in [0.25, 0.3) is 0 Å². The summed E-state index contributed by atoms with van der Waals surface area (Å²) in [5.74, 6) is 0. The molecular weight excluding hydrogens is 284 g/mol. The molecule has 0 heterocycles. The highest BCUT2D eigenvalue weighted by Crippen LogP contribution is 2.27. The Morgan fingerprint density at radius 2 is 1.95 bits per heavy atom. The van der Waals surface area contributed by atoms with Crippen molar-refractivity contribution in [3.05, 3.63) is 28.8 Å². The van der Waals surface area contributed by atoms with Crippen LogP contribution >= 0.6 is 11.6 Å². The minimum Gasteiger partial charge on any atom is -0.383 e. The van der Waals surface area contributed by atoms with Gasteiger partial charge in [0, 0.05) is 37.0 Å². The Labute approximate surface area is 134 Å². The van der Waals surface area contributed by atoms with Gasteiger partial charge in [-0.25, -0.2) is 0 Å².